The molecule has 1 aromatic heterocycles. The molecule has 3 N–H and O–H groups in total. The molecular weight excluding hydrogens is 284 g/mol. The van der Waals surface area contributed by atoms with Crippen molar-refractivity contribution >= 4 is 17.2 Å². The maximum atomic E-state index is 12.3. The van der Waals surface area contributed by atoms with Gasteiger partial charge < -0.3 is 16.0 Å². The Kier molecular flexibility index (Phi) is 6.14. The Labute approximate surface area is 130 Å². The van der Waals surface area contributed by atoms with Gasteiger partial charge in [0.25, 0.3) is 0 Å². The Balaban J connectivity index is 1.91. The zero-order chi connectivity index (χ0) is 15.2. The molecule has 21 heavy (non-hydrogen) atoms. The second-order valence-electron chi connectivity index (χ2n) is 6.23. The van der Waals surface area contributed by atoms with Crippen LogP contribution >= 0.6 is 11.3 Å². The summed E-state index contributed by atoms with van der Waals surface area (Å²) in [5, 5.41) is 4.96. The molecule has 2 atom stereocenters. The summed E-state index contributed by atoms with van der Waals surface area (Å²) in [4.78, 5) is 18.9. The molecule has 1 fully saturated rings. The lowest BCUT2D eigenvalue weighted by atomic mass is 10.0. The van der Waals surface area contributed by atoms with Crippen molar-refractivity contribution in [1.82, 2.24) is 15.2 Å². The lowest BCUT2D eigenvalue weighted by Crippen LogP contribution is -2.46. The summed E-state index contributed by atoms with van der Waals surface area (Å²) >= 11 is 1.46. The minimum atomic E-state index is -0.663. The van der Waals surface area contributed by atoms with Crippen molar-refractivity contribution in [3.8, 4) is 0 Å². The summed E-state index contributed by atoms with van der Waals surface area (Å²) < 4.78 is 0. The molecule has 0 saturated carbocycles. The third kappa shape index (κ3) is 5.05. The highest BCUT2D eigenvalue weighted by atomic mass is 32.1. The number of carbonyl (C=O) groups is 1. The molecule has 2 heterocycles. The molecule has 1 unspecified atom stereocenters. The Hall–Kier alpha value is -0.980. The van der Waals surface area contributed by atoms with Crippen molar-refractivity contribution in [2.75, 3.05) is 19.6 Å². The van der Waals surface area contributed by atoms with Crippen LogP contribution in [0.2, 0.25) is 0 Å². The monoisotopic (exact) mass is 310 g/mol. The van der Waals surface area contributed by atoms with Gasteiger partial charge in [0.05, 0.1) is 11.2 Å². The first kappa shape index (κ1) is 16.4. The second kappa shape index (κ2) is 7.87. The first-order valence-corrected chi connectivity index (χ1v) is 8.67. The average Bonchev–Trinajstić information content (AvgIpc) is 3.09. The fourth-order valence-corrected chi connectivity index (χ4v) is 3.42. The Bertz CT molecular complexity index is 429. The number of aromatic nitrogens is 1. The van der Waals surface area contributed by atoms with Gasteiger partial charge in [-0.2, -0.15) is 0 Å². The van der Waals surface area contributed by atoms with E-state index < -0.39 is 6.04 Å². The van der Waals surface area contributed by atoms with Crippen LogP contribution in [0.25, 0.3) is 0 Å². The van der Waals surface area contributed by atoms with E-state index in [0.717, 1.165) is 26.1 Å². The molecule has 118 valence electrons. The predicted octanol–water partition coefficient (Wildman–Crippen LogP) is 1.77. The van der Waals surface area contributed by atoms with Gasteiger partial charge in [0.2, 0.25) is 5.91 Å². The average molecular weight is 310 g/mol. The maximum Gasteiger partial charge on any atom is 0.243 e. The molecule has 1 aliphatic rings. The van der Waals surface area contributed by atoms with Gasteiger partial charge >= 0.3 is 0 Å². The molecular formula is C15H26N4OS. The summed E-state index contributed by atoms with van der Waals surface area (Å²) in [5.74, 6) is 0.430. The quantitative estimate of drug-likeness (QED) is 0.805. The Morgan fingerprint density at radius 3 is 2.76 bits per heavy atom. The van der Waals surface area contributed by atoms with Crippen LogP contribution in [-0.2, 0) is 4.79 Å². The van der Waals surface area contributed by atoms with Gasteiger partial charge in [-0.05, 0) is 38.3 Å². The highest BCUT2D eigenvalue weighted by Crippen LogP contribution is 2.14. The van der Waals surface area contributed by atoms with Crippen LogP contribution in [0.4, 0.5) is 0 Å². The zero-order valence-electron chi connectivity index (χ0n) is 12.9. The molecule has 0 spiro atoms. The number of carbonyl (C=O) groups excluding carboxylic acids is 1. The zero-order valence-corrected chi connectivity index (χ0v) is 13.7. The van der Waals surface area contributed by atoms with E-state index in [4.69, 9.17) is 5.73 Å². The van der Waals surface area contributed by atoms with Crippen LogP contribution in [0.1, 0.15) is 44.8 Å². The van der Waals surface area contributed by atoms with Crippen molar-refractivity contribution < 1.29 is 4.79 Å². The number of thiazole rings is 1. The van der Waals surface area contributed by atoms with Crippen molar-refractivity contribution in [3.63, 3.8) is 0 Å². The van der Waals surface area contributed by atoms with Crippen LogP contribution in [0, 0.1) is 5.92 Å². The number of amides is 1. The fourth-order valence-electron chi connectivity index (χ4n) is 2.83. The molecule has 0 radical (unpaired) electrons. The van der Waals surface area contributed by atoms with E-state index in [0.29, 0.717) is 11.6 Å². The van der Waals surface area contributed by atoms with Crippen molar-refractivity contribution in [2.24, 2.45) is 11.7 Å². The number of nitrogens with two attached hydrogens (primary N) is 1. The largest absolute Gasteiger partial charge is 0.350 e. The molecule has 5 nitrogen and oxygen atoms in total. The van der Waals surface area contributed by atoms with E-state index >= 15 is 0 Å². The van der Waals surface area contributed by atoms with Crippen molar-refractivity contribution in [3.05, 3.63) is 16.6 Å². The number of hydrogen-bond donors (Lipinski definition) is 2. The van der Waals surface area contributed by atoms with Gasteiger partial charge in [0.1, 0.15) is 6.04 Å². The third-order valence-corrected chi connectivity index (χ3v) is 4.44. The number of rotatable bonds is 7. The second-order valence-corrected chi connectivity index (χ2v) is 6.95. The molecule has 0 aliphatic carbocycles. The Morgan fingerprint density at radius 2 is 2.19 bits per heavy atom. The van der Waals surface area contributed by atoms with E-state index in [-0.39, 0.29) is 11.9 Å². The van der Waals surface area contributed by atoms with Gasteiger partial charge in [0.15, 0.2) is 0 Å². The summed E-state index contributed by atoms with van der Waals surface area (Å²) in [6.45, 7) is 7.58. The lowest BCUT2D eigenvalue weighted by molar-refractivity contribution is -0.123. The lowest BCUT2D eigenvalue weighted by Gasteiger charge is -2.26. The minimum absolute atomic E-state index is 0.120. The number of nitrogens with one attached hydrogen (secondary N) is 1. The van der Waals surface area contributed by atoms with Crippen LogP contribution in [0.3, 0.4) is 0 Å². The van der Waals surface area contributed by atoms with Crippen LogP contribution in [-0.4, -0.2) is 41.5 Å². The Morgan fingerprint density at radius 1 is 1.48 bits per heavy atom. The summed E-state index contributed by atoms with van der Waals surface area (Å²) in [7, 11) is 0. The number of nitrogens with zero attached hydrogens (tertiary/aromatic N) is 2. The van der Waals surface area contributed by atoms with Gasteiger partial charge in [-0.15, -0.1) is 11.3 Å². The molecule has 0 aromatic carbocycles. The molecule has 1 amide bonds. The highest BCUT2D eigenvalue weighted by Gasteiger charge is 2.24. The first-order chi connectivity index (χ1) is 10.1. The topological polar surface area (TPSA) is 71.2 Å². The van der Waals surface area contributed by atoms with Crippen molar-refractivity contribution in [1.29, 1.82) is 0 Å². The third-order valence-electron chi connectivity index (χ3n) is 3.83. The smallest absolute Gasteiger partial charge is 0.243 e. The standard InChI is InChI=1S/C15H26N4OS/c1-11(2)7-12(8-19-5-3-4-6-19)18-15(20)14(16)13-9-21-10-17-13/h9-12,14H,3-8,16H2,1-2H3,(H,18,20)/t12-,14?/m0/s1. The predicted molar refractivity (Wildman–Crippen MR) is 86.1 cm³/mol. The van der Waals surface area contributed by atoms with E-state index in [1.54, 1.807) is 5.51 Å². The minimum Gasteiger partial charge on any atom is -0.350 e. The van der Waals surface area contributed by atoms with Crippen LogP contribution in [0.5, 0.6) is 0 Å². The normalized spacial score (nSPS) is 18.9. The summed E-state index contributed by atoms with van der Waals surface area (Å²) in [6, 6.07) is -0.496. The first-order valence-electron chi connectivity index (χ1n) is 7.72. The van der Waals surface area contributed by atoms with Gasteiger partial charge in [-0.25, -0.2) is 4.98 Å². The van der Waals surface area contributed by atoms with Crippen LogP contribution in [0.15, 0.2) is 10.9 Å². The molecule has 1 aliphatic heterocycles. The molecule has 1 aromatic rings. The molecule has 0 bridgehead atoms. The van der Waals surface area contributed by atoms with Gasteiger partial charge in [-0.3, -0.25) is 4.79 Å². The van der Waals surface area contributed by atoms with E-state index in [1.807, 2.05) is 5.38 Å². The number of likely N-dealkylation sites (tertiary alicyclic amines) is 1. The molecule has 1 saturated heterocycles. The maximum absolute atomic E-state index is 12.3. The van der Waals surface area contributed by atoms with E-state index in [9.17, 15) is 4.79 Å². The fraction of sp³-hybridized carbons (Fsp3) is 0.733. The molecule has 2 rings (SSSR count). The summed E-state index contributed by atoms with van der Waals surface area (Å²) in [6.07, 6.45) is 3.51. The number of hydrogen-bond acceptors (Lipinski definition) is 5. The van der Waals surface area contributed by atoms with Crippen LogP contribution < -0.4 is 11.1 Å². The summed E-state index contributed by atoms with van der Waals surface area (Å²) in [5.41, 5.74) is 8.35. The van der Waals surface area contributed by atoms with Crippen molar-refractivity contribution in [2.45, 2.75) is 45.2 Å². The SMILES string of the molecule is CC(C)C[C@@H](CN1CCCC1)NC(=O)C(N)c1cscn1. The van der Waals surface area contributed by atoms with Gasteiger partial charge in [-0.1, -0.05) is 13.8 Å². The molecule has 6 heteroatoms. The van der Waals surface area contributed by atoms with E-state index in [1.165, 1.54) is 24.2 Å². The van der Waals surface area contributed by atoms with Gasteiger partial charge in [0, 0.05) is 18.0 Å². The van der Waals surface area contributed by atoms with E-state index in [2.05, 4.69) is 29.0 Å². The highest BCUT2D eigenvalue weighted by molar-refractivity contribution is 7.07.